The molecule has 1 N–H and O–H groups in total. The third kappa shape index (κ3) is 5.24. The Morgan fingerprint density at radius 3 is 2.40 bits per heavy atom. The van der Waals surface area contributed by atoms with Crippen LogP contribution in [0.5, 0.6) is 0 Å². The lowest BCUT2D eigenvalue weighted by Gasteiger charge is -2.38. The van der Waals surface area contributed by atoms with Crippen LogP contribution in [0.4, 0.5) is 0 Å². The SMILES string of the molecule is CCNC(=NCC1(CCOCC)CCCC1)N1CCC2(CCC2)C1.I. The normalized spacial score (nSPS) is 24.2. The summed E-state index contributed by atoms with van der Waals surface area (Å²) in [5.41, 5.74) is 1.03. The molecule has 25 heavy (non-hydrogen) atoms. The molecule has 3 rings (SSSR count). The summed E-state index contributed by atoms with van der Waals surface area (Å²) in [5, 5.41) is 3.56. The van der Waals surface area contributed by atoms with Gasteiger partial charge in [0.15, 0.2) is 5.96 Å². The fourth-order valence-electron chi connectivity index (χ4n) is 4.91. The van der Waals surface area contributed by atoms with E-state index in [1.165, 1.54) is 76.8 Å². The number of ether oxygens (including phenoxy) is 1. The lowest BCUT2D eigenvalue weighted by Crippen LogP contribution is -2.43. The number of guanidine groups is 1. The molecule has 5 heteroatoms. The minimum Gasteiger partial charge on any atom is -0.382 e. The monoisotopic (exact) mass is 463 g/mol. The van der Waals surface area contributed by atoms with E-state index in [2.05, 4.69) is 24.1 Å². The van der Waals surface area contributed by atoms with Gasteiger partial charge in [-0.2, -0.15) is 0 Å². The van der Waals surface area contributed by atoms with E-state index in [0.29, 0.717) is 10.8 Å². The van der Waals surface area contributed by atoms with Crippen molar-refractivity contribution in [1.29, 1.82) is 0 Å². The molecule has 1 saturated heterocycles. The van der Waals surface area contributed by atoms with Crippen LogP contribution in [0.1, 0.15) is 71.6 Å². The highest BCUT2D eigenvalue weighted by Crippen LogP contribution is 2.48. The van der Waals surface area contributed by atoms with E-state index < -0.39 is 0 Å². The Kier molecular flexibility index (Phi) is 8.31. The molecule has 3 aliphatic rings. The standard InChI is InChI=1S/C20H37N3O.HI/c1-3-21-18(23-14-12-20(17-23)10-7-11-20)22-16-19(8-5-6-9-19)13-15-24-4-2;/h3-17H2,1-2H3,(H,21,22);1H. The molecule has 0 bridgehead atoms. The number of halogens is 1. The second kappa shape index (κ2) is 9.77. The molecule has 3 fully saturated rings. The third-order valence-electron chi connectivity index (χ3n) is 6.70. The van der Waals surface area contributed by atoms with Gasteiger partial charge in [0.25, 0.3) is 0 Å². The van der Waals surface area contributed by atoms with Crippen LogP contribution in [0.2, 0.25) is 0 Å². The summed E-state index contributed by atoms with van der Waals surface area (Å²) in [6.45, 7) is 10.4. The second-order valence-electron chi connectivity index (χ2n) is 8.35. The van der Waals surface area contributed by atoms with Crippen molar-refractivity contribution >= 4 is 29.9 Å². The number of hydrogen-bond donors (Lipinski definition) is 1. The van der Waals surface area contributed by atoms with Gasteiger partial charge < -0.3 is 15.0 Å². The smallest absolute Gasteiger partial charge is 0.193 e. The van der Waals surface area contributed by atoms with Crippen LogP contribution in [0.3, 0.4) is 0 Å². The molecule has 0 aromatic rings. The van der Waals surface area contributed by atoms with Gasteiger partial charge in [-0.05, 0) is 63.2 Å². The van der Waals surface area contributed by atoms with Crippen molar-refractivity contribution in [2.75, 3.05) is 39.4 Å². The maximum Gasteiger partial charge on any atom is 0.193 e. The molecule has 0 radical (unpaired) electrons. The first kappa shape index (κ1) is 21.3. The first-order valence-corrected chi connectivity index (χ1v) is 10.3. The van der Waals surface area contributed by atoms with Crippen LogP contribution < -0.4 is 5.32 Å². The summed E-state index contributed by atoms with van der Waals surface area (Å²) < 4.78 is 5.65. The van der Waals surface area contributed by atoms with E-state index in [1.807, 2.05) is 0 Å². The highest BCUT2D eigenvalue weighted by molar-refractivity contribution is 14.0. The zero-order valence-corrected chi connectivity index (χ0v) is 18.6. The summed E-state index contributed by atoms with van der Waals surface area (Å²) in [5.74, 6) is 1.17. The van der Waals surface area contributed by atoms with Crippen LogP contribution in [0.15, 0.2) is 4.99 Å². The fraction of sp³-hybridized carbons (Fsp3) is 0.950. The zero-order chi connectivity index (χ0) is 16.9. The summed E-state index contributed by atoms with van der Waals surface area (Å²) in [6, 6.07) is 0. The topological polar surface area (TPSA) is 36.9 Å². The Hall–Kier alpha value is -0.0400. The van der Waals surface area contributed by atoms with Crippen molar-refractivity contribution in [1.82, 2.24) is 10.2 Å². The summed E-state index contributed by atoms with van der Waals surface area (Å²) in [7, 11) is 0. The largest absolute Gasteiger partial charge is 0.382 e. The van der Waals surface area contributed by atoms with Gasteiger partial charge in [-0.15, -0.1) is 24.0 Å². The summed E-state index contributed by atoms with van der Waals surface area (Å²) in [4.78, 5) is 7.66. The molecular weight excluding hydrogens is 425 g/mol. The molecule has 2 aliphatic carbocycles. The molecule has 0 aromatic heterocycles. The Morgan fingerprint density at radius 1 is 1.08 bits per heavy atom. The van der Waals surface area contributed by atoms with Gasteiger partial charge in [0.2, 0.25) is 0 Å². The van der Waals surface area contributed by atoms with Gasteiger partial charge in [0.05, 0.1) is 0 Å². The van der Waals surface area contributed by atoms with Crippen molar-refractivity contribution < 1.29 is 4.74 Å². The maximum absolute atomic E-state index is 5.65. The predicted octanol–water partition coefficient (Wildman–Crippen LogP) is 4.43. The zero-order valence-electron chi connectivity index (χ0n) is 16.3. The molecule has 2 saturated carbocycles. The van der Waals surface area contributed by atoms with Crippen molar-refractivity contribution in [2.24, 2.45) is 15.8 Å². The Morgan fingerprint density at radius 2 is 1.84 bits per heavy atom. The van der Waals surface area contributed by atoms with E-state index in [-0.39, 0.29) is 24.0 Å². The number of nitrogens with one attached hydrogen (secondary N) is 1. The number of aliphatic imine (C=N–C) groups is 1. The highest BCUT2D eigenvalue weighted by Gasteiger charge is 2.43. The van der Waals surface area contributed by atoms with Crippen molar-refractivity contribution in [3.05, 3.63) is 0 Å². The molecule has 0 amide bonds. The van der Waals surface area contributed by atoms with Gasteiger partial charge in [-0.1, -0.05) is 19.3 Å². The maximum atomic E-state index is 5.65. The van der Waals surface area contributed by atoms with Gasteiger partial charge in [0.1, 0.15) is 0 Å². The number of rotatable bonds is 7. The first-order valence-electron chi connectivity index (χ1n) is 10.3. The van der Waals surface area contributed by atoms with Gasteiger partial charge in [-0.3, -0.25) is 4.99 Å². The molecule has 1 spiro atoms. The Balaban J connectivity index is 0.00000225. The minimum atomic E-state index is 0. The van der Waals surface area contributed by atoms with Crippen LogP contribution in [0, 0.1) is 10.8 Å². The molecule has 146 valence electrons. The van der Waals surface area contributed by atoms with Crippen LogP contribution in [-0.4, -0.2) is 50.3 Å². The number of likely N-dealkylation sites (tertiary alicyclic amines) is 1. The summed E-state index contributed by atoms with van der Waals surface area (Å²) >= 11 is 0. The van der Waals surface area contributed by atoms with Crippen molar-refractivity contribution in [2.45, 2.75) is 71.6 Å². The molecule has 0 aromatic carbocycles. The van der Waals surface area contributed by atoms with Crippen molar-refractivity contribution in [3.8, 4) is 0 Å². The molecule has 0 atom stereocenters. The fourth-order valence-corrected chi connectivity index (χ4v) is 4.91. The van der Waals surface area contributed by atoms with Crippen molar-refractivity contribution in [3.63, 3.8) is 0 Å². The minimum absolute atomic E-state index is 0. The van der Waals surface area contributed by atoms with E-state index in [1.54, 1.807) is 0 Å². The lowest BCUT2D eigenvalue weighted by atomic mass is 9.68. The molecule has 1 aliphatic heterocycles. The molecule has 4 nitrogen and oxygen atoms in total. The number of hydrogen-bond acceptors (Lipinski definition) is 2. The Labute approximate surface area is 171 Å². The molecule has 0 unspecified atom stereocenters. The highest BCUT2D eigenvalue weighted by atomic mass is 127. The average Bonchev–Trinajstić information content (AvgIpc) is 3.19. The lowest BCUT2D eigenvalue weighted by molar-refractivity contribution is 0.107. The molecule has 1 heterocycles. The Bertz CT molecular complexity index is 431. The van der Waals surface area contributed by atoms with E-state index >= 15 is 0 Å². The van der Waals surface area contributed by atoms with Crippen LogP contribution in [0.25, 0.3) is 0 Å². The van der Waals surface area contributed by atoms with Crippen LogP contribution in [-0.2, 0) is 4.74 Å². The third-order valence-corrected chi connectivity index (χ3v) is 6.70. The van der Waals surface area contributed by atoms with Gasteiger partial charge in [-0.25, -0.2) is 0 Å². The predicted molar refractivity (Wildman–Crippen MR) is 116 cm³/mol. The van der Waals surface area contributed by atoms with Gasteiger partial charge in [0, 0.05) is 39.4 Å². The van der Waals surface area contributed by atoms with E-state index in [0.717, 1.165) is 26.3 Å². The van der Waals surface area contributed by atoms with Crippen LogP contribution >= 0.6 is 24.0 Å². The van der Waals surface area contributed by atoms with E-state index in [9.17, 15) is 0 Å². The molecular formula is C20H38IN3O. The summed E-state index contributed by atoms with van der Waals surface area (Å²) in [6.07, 6.45) is 12.2. The first-order chi connectivity index (χ1) is 11.7. The van der Waals surface area contributed by atoms with E-state index in [4.69, 9.17) is 9.73 Å². The quantitative estimate of drug-likeness (QED) is 0.263. The number of nitrogens with zero attached hydrogens (tertiary/aromatic N) is 2. The average molecular weight is 463 g/mol. The second-order valence-corrected chi connectivity index (χ2v) is 8.35. The van der Waals surface area contributed by atoms with Gasteiger partial charge >= 0.3 is 0 Å².